The molecule has 1 atom stereocenters. The number of carbonyl (C=O) groups excluding carboxylic acids is 1. The van der Waals surface area contributed by atoms with Crippen LogP contribution in [0.2, 0.25) is 5.02 Å². The van der Waals surface area contributed by atoms with Gasteiger partial charge in [0.1, 0.15) is 23.0 Å². The zero-order valence-corrected chi connectivity index (χ0v) is 14.8. The molecule has 0 radical (unpaired) electrons. The van der Waals surface area contributed by atoms with Crippen molar-refractivity contribution in [1.82, 2.24) is 0 Å². The molecule has 0 amide bonds. The molecule has 5 nitrogen and oxygen atoms in total. The predicted octanol–water partition coefficient (Wildman–Crippen LogP) is 3.76. The molecule has 0 aliphatic carbocycles. The van der Waals surface area contributed by atoms with E-state index >= 15 is 0 Å². The summed E-state index contributed by atoms with van der Waals surface area (Å²) >= 11 is 6.29. The molecule has 1 aromatic carbocycles. The van der Waals surface area contributed by atoms with Gasteiger partial charge in [0.2, 0.25) is 5.88 Å². The van der Waals surface area contributed by atoms with Crippen LogP contribution in [0.3, 0.4) is 0 Å². The van der Waals surface area contributed by atoms with Crippen LogP contribution in [0.4, 0.5) is 0 Å². The number of benzene rings is 1. The summed E-state index contributed by atoms with van der Waals surface area (Å²) in [5, 5.41) is 9.95. The Morgan fingerprint density at radius 2 is 2.00 bits per heavy atom. The van der Waals surface area contributed by atoms with E-state index in [4.69, 9.17) is 26.8 Å². The number of nitriles is 1. The van der Waals surface area contributed by atoms with Gasteiger partial charge in [-0.25, -0.2) is 4.79 Å². The Kier molecular flexibility index (Phi) is 4.91. The van der Waals surface area contributed by atoms with Crippen LogP contribution in [-0.4, -0.2) is 11.6 Å². The number of halogens is 1. The Morgan fingerprint density at radius 1 is 1.38 bits per heavy atom. The van der Waals surface area contributed by atoms with Crippen LogP contribution in [0.15, 0.2) is 47.1 Å². The molecule has 2 N–H and O–H groups in total. The van der Waals surface area contributed by atoms with E-state index in [2.05, 4.69) is 0 Å². The molecule has 0 bridgehead atoms. The minimum atomic E-state index is -0.729. The summed E-state index contributed by atoms with van der Waals surface area (Å²) in [5.41, 5.74) is 6.13. The Hall–Kier alpha value is -2.45. The van der Waals surface area contributed by atoms with Crippen molar-refractivity contribution in [2.45, 2.75) is 39.2 Å². The summed E-state index contributed by atoms with van der Waals surface area (Å²) in [7, 11) is 0. The molecular formula is C18H19ClN2O3. The maximum atomic E-state index is 12.7. The molecule has 126 valence electrons. The topological polar surface area (TPSA) is 85.3 Å². The average Bonchev–Trinajstić information content (AvgIpc) is 2.45. The minimum absolute atomic E-state index is 0.0350. The van der Waals surface area contributed by atoms with E-state index in [0.29, 0.717) is 16.3 Å². The van der Waals surface area contributed by atoms with Gasteiger partial charge >= 0.3 is 5.97 Å². The van der Waals surface area contributed by atoms with Gasteiger partial charge in [0.15, 0.2) is 0 Å². The van der Waals surface area contributed by atoms with E-state index < -0.39 is 17.5 Å². The fourth-order valence-corrected chi connectivity index (χ4v) is 2.74. The Balaban J connectivity index is 2.62. The highest BCUT2D eigenvalue weighted by Gasteiger charge is 2.38. The normalized spacial score (nSPS) is 18.1. The third-order valence-electron chi connectivity index (χ3n) is 3.44. The summed E-state index contributed by atoms with van der Waals surface area (Å²) in [6.45, 7) is 6.92. The van der Waals surface area contributed by atoms with E-state index in [9.17, 15) is 10.1 Å². The van der Waals surface area contributed by atoms with Crippen molar-refractivity contribution in [2.24, 2.45) is 5.73 Å². The van der Waals surface area contributed by atoms with Crippen LogP contribution in [0.5, 0.6) is 0 Å². The van der Waals surface area contributed by atoms with Gasteiger partial charge < -0.3 is 15.2 Å². The van der Waals surface area contributed by atoms with Gasteiger partial charge in [0.25, 0.3) is 0 Å². The van der Waals surface area contributed by atoms with Crippen LogP contribution in [0.25, 0.3) is 0 Å². The van der Waals surface area contributed by atoms with Crippen molar-refractivity contribution in [3.8, 4) is 6.07 Å². The molecular weight excluding hydrogens is 328 g/mol. The van der Waals surface area contributed by atoms with Crippen LogP contribution in [-0.2, 0) is 14.3 Å². The van der Waals surface area contributed by atoms with Crippen LogP contribution in [0, 0.1) is 11.3 Å². The molecule has 6 heteroatoms. The monoisotopic (exact) mass is 346 g/mol. The summed E-state index contributed by atoms with van der Waals surface area (Å²) in [6, 6.07) is 9.02. The Morgan fingerprint density at radius 3 is 2.54 bits per heavy atom. The first-order valence-electron chi connectivity index (χ1n) is 7.42. The number of allylic oxidation sites excluding steroid dienone is 2. The lowest BCUT2D eigenvalue weighted by molar-refractivity contribution is -0.150. The first-order valence-corrected chi connectivity index (χ1v) is 7.79. The lowest BCUT2D eigenvalue weighted by atomic mass is 9.83. The second-order valence-electron chi connectivity index (χ2n) is 6.42. The molecule has 2 rings (SSSR count). The Bertz CT molecular complexity index is 782. The van der Waals surface area contributed by atoms with E-state index in [1.54, 1.807) is 52.0 Å². The first kappa shape index (κ1) is 17.9. The standard InChI is InChI=1S/C18H19ClN2O3/c1-10-14(17(22)24-18(2,3)4)15(12(9-20)16(21)23-10)11-7-5-6-8-13(11)19/h5-8,15H,21H2,1-4H3. The molecule has 1 unspecified atom stereocenters. The highest BCUT2D eigenvalue weighted by Crippen LogP contribution is 2.42. The zero-order valence-electron chi connectivity index (χ0n) is 14.0. The van der Waals surface area contributed by atoms with Crippen molar-refractivity contribution < 1.29 is 14.3 Å². The second kappa shape index (κ2) is 6.58. The van der Waals surface area contributed by atoms with Crippen molar-refractivity contribution in [3.05, 3.63) is 57.6 Å². The maximum Gasteiger partial charge on any atom is 0.338 e. The van der Waals surface area contributed by atoms with E-state index in [1.807, 2.05) is 6.07 Å². The van der Waals surface area contributed by atoms with Gasteiger partial charge in [-0.15, -0.1) is 0 Å². The lowest BCUT2D eigenvalue weighted by Crippen LogP contribution is -2.30. The van der Waals surface area contributed by atoms with Gasteiger partial charge in [-0.3, -0.25) is 0 Å². The predicted molar refractivity (Wildman–Crippen MR) is 90.6 cm³/mol. The summed E-state index contributed by atoms with van der Waals surface area (Å²) in [5.74, 6) is -1.03. The lowest BCUT2D eigenvalue weighted by Gasteiger charge is -2.29. The van der Waals surface area contributed by atoms with Gasteiger partial charge in [-0.2, -0.15) is 5.26 Å². The third-order valence-corrected chi connectivity index (χ3v) is 3.78. The fraction of sp³-hybridized carbons (Fsp3) is 0.333. The quantitative estimate of drug-likeness (QED) is 0.824. The highest BCUT2D eigenvalue weighted by molar-refractivity contribution is 6.31. The molecule has 0 saturated carbocycles. The number of nitrogens with zero attached hydrogens (tertiary/aromatic N) is 1. The zero-order chi connectivity index (χ0) is 18.1. The number of hydrogen-bond donors (Lipinski definition) is 1. The number of nitrogens with two attached hydrogens (primary N) is 1. The molecule has 1 heterocycles. The Labute approximate surface area is 146 Å². The van der Waals surface area contributed by atoms with Crippen LogP contribution < -0.4 is 5.73 Å². The van der Waals surface area contributed by atoms with E-state index in [1.165, 1.54) is 0 Å². The maximum absolute atomic E-state index is 12.7. The van der Waals surface area contributed by atoms with E-state index in [0.717, 1.165) is 0 Å². The number of hydrogen-bond acceptors (Lipinski definition) is 5. The number of carbonyl (C=O) groups is 1. The van der Waals surface area contributed by atoms with Crippen molar-refractivity contribution in [3.63, 3.8) is 0 Å². The van der Waals surface area contributed by atoms with Crippen LogP contribution in [0.1, 0.15) is 39.2 Å². The number of rotatable bonds is 2. The SMILES string of the molecule is CC1=C(C(=O)OC(C)(C)C)C(c2ccccc2Cl)C(C#N)=C(N)O1. The summed E-state index contributed by atoms with van der Waals surface area (Å²) in [6.07, 6.45) is 0. The minimum Gasteiger partial charge on any atom is -0.456 e. The average molecular weight is 347 g/mol. The first-order chi connectivity index (χ1) is 11.2. The molecule has 0 spiro atoms. The van der Waals surface area contributed by atoms with Crippen molar-refractivity contribution in [1.29, 1.82) is 5.26 Å². The molecule has 1 aliphatic rings. The number of esters is 1. The van der Waals surface area contributed by atoms with Crippen LogP contribution >= 0.6 is 11.6 Å². The molecule has 0 fully saturated rings. The molecule has 1 aliphatic heterocycles. The van der Waals surface area contributed by atoms with Crippen molar-refractivity contribution in [2.75, 3.05) is 0 Å². The van der Waals surface area contributed by atoms with Gasteiger partial charge in [-0.05, 0) is 39.3 Å². The highest BCUT2D eigenvalue weighted by atomic mass is 35.5. The van der Waals surface area contributed by atoms with Crippen molar-refractivity contribution >= 4 is 17.6 Å². The largest absolute Gasteiger partial charge is 0.456 e. The molecule has 1 aromatic rings. The molecule has 0 aromatic heterocycles. The summed E-state index contributed by atoms with van der Waals surface area (Å²) < 4.78 is 10.9. The molecule has 0 saturated heterocycles. The third kappa shape index (κ3) is 3.55. The van der Waals surface area contributed by atoms with Gasteiger partial charge in [0.05, 0.1) is 11.5 Å². The van der Waals surface area contributed by atoms with Gasteiger partial charge in [0, 0.05) is 5.02 Å². The smallest absolute Gasteiger partial charge is 0.338 e. The van der Waals surface area contributed by atoms with E-state index in [-0.39, 0.29) is 17.0 Å². The molecule has 24 heavy (non-hydrogen) atoms. The second-order valence-corrected chi connectivity index (χ2v) is 6.83. The van der Waals surface area contributed by atoms with Gasteiger partial charge in [-0.1, -0.05) is 29.8 Å². The fourth-order valence-electron chi connectivity index (χ4n) is 2.50. The number of ether oxygens (including phenoxy) is 2. The summed E-state index contributed by atoms with van der Waals surface area (Å²) in [4.78, 5) is 12.7.